The molecular weight excluding hydrogens is 254 g/mol. The van der Waals surface area contributed by atoms with Crippen molar-refractivity contribution in [1.29, 1.82) is 5.26 Å². The summed E-state index contributed by atoms with van der Waals surface area (Å²) in [6.07, 6.45) is 0.949. The third-order valence-electron chi connectivity index (χ3n) is 3.04. The van der Waals surface area contributed by atoms with Crippen LogP contribution in [0.15, 0.2) is 29.6 Å². The van der Waals surface area contributed by atoms with Gasteiger partial charge in [0.2, 0.25) is 0 Å². The van der Waals surface area contributed by atoms with Crippen LogP contribution in [0.2, 0.25) is 0 Å². The van der Waals surface area contributed by atoms with Crippen molar-refractivity contribution in [1.82, 2.24) is 10.3 Å². The maximum atomic E-state index is 8.76. The highest BCUT2D eigenvalue weighted by molar-refractivity contribution is 7.09. The van der Waals surface area contributed by atoms with Gasteiger partial charge in [-0.15, -0.1) is 11.3 Å². The van der Waals surface area contributed by atoms with Crippen molar-refractivity contribution < 1.29 is 0 Å². The first kappa shape index (κ1) is 13.7. The van der Waals surface area contributed by atoms with Crippen molar-refractivity contribution in [2.45, 2.75) is 26.3 Å². The number of aromatic nitrogens is 1. The van der Waals surface area contributed by atoms with Crippen molar-refractivity contribution in [3.63, 3.8) is 0 Å². The maximum Gasteiger partial charge on any atom is 0.0991 e. The molecule has 0 spiro atoms. The Morgan fingerprint density at radius 3 is 2.68 bits per heavy atom. The fourth-order valence-corrected chi connectivity index (χ4v) is 2.55. The largest absolute Gasteiger partial charge is 0.310 e. The van der Waals surface area contributed by atoms with Gasteiger partial charge in [0.1, 0.15) is 0 Å². The highest BCUT2D eigenvalue weighted by Gasteiger charge is 2.05. The lowest BCUT2D eigenvalue weighted by atomic mass is 10.1. The summed E-state index contributed by atoms with van der Waals surface area (Å²) in [6, 6.07) is 10.1. The predicted molar refractivity (Wildman–Crippen MR) is 78.1 cm³/mol. The number of nitrogens with one attached hydrogen (secondary N) is 1. The summed E-state index contributed by atoms with van der Waals surface area (Å²) in [4.78, 5) is 4.45. The van der Waals surface area contributed by atoms with E-state index >= 15 is 0 Å². The molecule has 0 bridgehead atoms. The minimum atomic E-state index is 0.285. The molecule has 1 aromatic carbocycles. The quantitative estimate of drug-likeness (QED) is 0.908. The van der Waals surface area contributed by atoms with Crippen LogP contribution in [0.25, 0.3) is 0 Å². The van der Waals surface area contributed by atoms with Crippen molar-refractivity contribution in [2.75, 3.05) is 6.54 Å². The zero-order valence-corrected chi connectivity index (χ0v) is 12.0. The van der Waals surface area contributed by atoms with Gasteiger partial charge in [-0.25, -0.2) is 4.98 Å². The average Bonchev–Trinajstić information content (AvgIpc) is 2.84. The Bertz CT molecular complexity index is 566. The van der Waals surface area contributed by atoms with Gasteiger partial charge in [-0.1, -0.05) is 12.1 Å². The second kappa shape index (κ2) is 6.46. The number of nitrogens with zero attached hydrogens (tertiary/aromatic N) is 2. The molecule has 0 saturated carbocycles. The van der Waals surface area contributed by atoms with Crippen molar-refractivity contribution in [2.24, 2.45) is 0 Å². The highest BCUT2D eigenvalue weighted by atomic mass is 32.1. The van der Waals surface area contributed by atoms with Crippen LogP contribution in [-0.2, 0) is 6.42 Å². The summed E-state index contributed by atoms with van der Waals surface area (Å²) in [5, 5.41) is 15.5. The lowest BCUT2D eigenvalue weighted by molar-refractivity contribution is 0.574. The number of rotatable bonds is 5. The van der Waals surface area contributed by atoms with Crippen LogP contribution < -0.4 is 5.32 Å². The summed E-state index contributed by atoms with van der Waals surface area (Å²) >= 11 is 1.69. The Kier molecular flexibility index (Phi) is 4.67. The van der Waals surface area contributed by atoms with Gasteiger partial charge in [-0.05, 0) is 31.5 Å². The van der Waals surface area contributed by atoms with Gasteiger partial charge in [-0.2, -0.15) is 5.26 Å². The number of nitriles is 1. The molecule has 1 unspecified atom stereocenters. The van der Waals surface area contributed by atoms with Crippen LogP contribution in [0.3, 0.4) is 0 Å². The number of aryl methyl sites for hydroxylation is 1. The Morgan fingerprint density at radius 2 is 2.11 bits per heavy atom. The molecule has 3 nitrogen and oxygen atoms in total. The monoisotopic (exact) mass is 271 g/mol. The number of hydrogen-bond acceptors (Lipinski definition) is 4. The van der Waals surface area contributed by atoms with E-state index in [1.165, 1.54) is 5.56 Å². The predicted octanol–water partition coefficient (Wildman–Crippen LogP) is 3.22. The van der Waals surface area contributed by atoms with E-state index in [-0.39, 0.29) is 6.04 Å². The first-order valence-electron chi connectivity index (χ1n) is 6.33. The normalized spacial score (nSPS) is 12.1. The topological polar surface area (TPSA) is 48.7 Å². The molecule has 0 radical (unpaired) electrons. The lowest BCUT2D eigenvalue weighted by Gasteiger charge is -2.13. The third kappa shape index (κ3) is 3.88. The fraction of sp³-hybridized carbons (Fsp3) is 0.333. The van der Waals surface area contributed by atoms with Gasteiger partial charge >= 0.3 is 0 Å². The molecule has 0 amide bonds. The molecule has 4 heteroatoms. The molecular formula is C15H17N3S. The van der Waals surface area contributed by atoms with E-state index in [0.29, 0.717) is 5.56 Å². The first-order valence-corrected chi connectivity index (χ1v) is 7.21. The molecule has 2 rings (SSSR count). The molecule has 0 aliphatic heterocycles. The van der Waals surface area contributed by atoms with Gasteiger partial charge in [-0.3, -0.25) is 0 Å². The second-order valence-corrected chi connectivity index (χ2v) is 5.58. The Labute approximate surface area is 117 Å². The fourth-order valence-electron chi connectivity index (χ4n) is 1.90. The summed E-state index contributed by atoms with van der Waals surface area (Å²) in [6.45, 7) is 5.07. The number of hydrogen-bond donors (Lipinski definition) is 1. The van der Waals surface area contributed by atoms with E-state index in [4.69, 9.17) is 5.26 Å². The molecule has 0 saturated heterocycles. The standard InChI is InChI=1S/C15H17N3S/c1-11(14-5-3-13(9-16)4-6-14)17-8-7-15-10-19-12(2)18-15/h3-6,10-11,17H,7-8H2,1-2H3. The van der Waals surface area contributed by atoms with Gasteiger partial charge in [0.05, 0.1) is 22.3 Å². The van der Waals surface area contributed by atoms with E-state index in [2.05, 4.69) is 28.7 Å². The van der Waals surface area contributed by atoms with Crippen molar-refractivity contribution in [3.8, 4) is 6.07 Å². The smallest absolute Gasteiger partial charge is 0.0991 e. The molecule has 1 N–H and O–H groups in total. The molecule has 1 aromatic heterocycles. The minimum Gasteiger partial charge on any atom is -0.310 e. The zero-order chi connectivity index (χ0) is 13.7. The maximum absolute atomic E-state index is 8.76. The van der Waals surface area contributed by atoms with Crippen LogP contribution in [-0.4, -0.2) is 11.5 Å². The summed E-state index contributed by atoms with van der Waals surface area (Å²) in [5.74, 6) is 0. The van der Waals surface area contributed by atoms with E-state index in [0.717, 1.165) is 23.7 Å². The van der Waals surface area contributed by atoms with Crippen LogP contribution in [0.1, 0.15) is 34.8 Å². The lowest BCUT2D eigenvalue weighted by Crippen LogP contribution is -2.21. The minimum absolute atomic E-state index is 0.285. The van der Waals surface area contributed by atoms with Gasteiger partial charge in [0, 0.05) is 24.4 Å². The molecule has 2 aromatic rings. The number of thiazole rings is 1. The Balaban J connectivity index is 1.83. The average molecular weight is 271 g/mol. The molecule has 1 atom stereocenters. The van der Waals surface area contributed by atoms with Crippen LogP contribution in [0, 0.1) is 18.3 Å². The number of benzene rings is 1. The van der Waals surface area contributed by atoms with Crippen molar-refractivity contribution >= 4 is 11.3 Å². The zero-order valence-electron chi connectivity index (χ0n) is 11.2. The van der Waals surface area contributed by atoms with Crippen LogP contribution in [0.4, 0.5) is 0 Å². The molecule has 0 aliphatic rings. The third-order valence-corrected chi connectivity index (χ3v) is 3.86. The Morgan fingerprint density at radius 1 is 1.37 bits per heavy atom. The molecule has 0 fully saturated rings. The molecule has 19 heavy (non-hydrogen) atoms. The molecule has 98 valence electrons. The van der Waals surface area contributed by atoms with Gasteiger partial charge in [0.15, 0.2) is 0 Å². The van der Waals surface area contributed by atoms with Gasteiger partial charge < -0.3 is 5.32 Å². The van der Waals surface area contributed by atoms with Crippen LogP contribution in [0.5, 0.6) is 0 Å². The Hall–Kier alpha value is -1.70. The van der Waals surface area contributed by atoms with Crippen LogP contribution >= 0.6 is 11.3 Å². The van der Waals surface area contributed by atoms with E-state index in [1.807, 2.05) is 31.2 Å². The molecule has 1 heterocycles. The highest BCUT2D eigenvalue weighted by Crippen LogP contribution is 2.13. The van der Waals surface area contributed by atoms with E-state index in [9.17, 15) is 0 Å². The summed E-state index contributed by atoms with van der Waals surface area (Å²) in [7, 11) is 0. The SMILES string of the molecule is Cc1nc(CCNC(C)c2ccc(C#N)cc2)cs1. The van der Waals surface area contributed by atoms with E-state index < -0.39 is 0 Å². The van der Waals surface area contributed by atoms with Gasteiger partial charge in [0.25, 0.3) is 0 Å². The molecule has 0 aliphatic carbocycles. The summed E-state index contributed by atoms with van der Waals surface area (Å²) < 4.78 is 0. The first-order chi connectivity index (χ1) is 9.19. The second-order valence-electron chi connectivity index (χ2n) is 4.52. The van der Waals surface area contributed by atoms with Crippen molar-refractivity contribution in [3.05, 3.63) is 51.5 Å². The van der Waals surface area contributed by atoms with E-state index in [1.54, 1.807) is 11.3 Å². The summed E-state index contributed by atoms with van der Waals surface area (Å²) in [5.41, 5.74) is 3.06.